The highest BCUT2D eigenvalue weighted by Crippen LogP contribution is 2.36. The molecule has 0 saturated heterocycles. The smallest absolute Gasteiger partial charge is 0.415 e. The maximum Gasteiger partial charge on any atom is 0.415 e. The van der Waals surface area contributed by atoms with Crippen molar-refractivity contribution in [3.8, 4) is 0 Å². The maximum atomic E-state index is 13.0. The minimum Gasteiger partial charge on any atom is -0.453 e. The van der Waals surface area contributed by atoms with Crippen LogP contribution in [0.2, 0.25) is 0 Å². The third-order valence-electron chi connectivity index (χ3n) is 4.56. The Morgan fingerprint density at radius 1 is 0.848 bits per heavy atom. The Morgan fingerprint density at radius 3 is 2.03 bits per heavy atom. The topological polar surface area (TPSA) is 122 Å². The van der Waals surface area contributed by atoms with Gasteiger partial charge in [0.05, 0.1) is 24.2 Å². The number of alkyl carbamates (subject to hydrolysis) is 1. The second kappa shape index (κ2) is 10.3. The second-order valence-electron chi connectivity index (χ2n) is 6.64. The molecule has 0 aliphatic rings. The fourth-order valence-electron chi connectivity index (χ4n) is 3.04. The van der Waals surface area contributed by atoms with Crippen LogP contribution in [0.4, 0.5) is 31.4 Å². The molecule has 0 radical (unpaired) electrons. The molecule has 9 nitrogen and oxygen atoms in total. The summed E-state index contributed by atoms with van der Waals surface area (Å²) in [6, 6.07) is 19.6. The number of thiol groups is 1. The highest BCUT2D eigenvalue weighted by Gasteiger charge is 2.26. The van der Waals surface area contributed by atoms with Gasteiger partial charge in [0.1, 0.15) is 0 Å². The Labute approximate surface area is 195 Å². The normalized spacial score (nSPS) is 10.1. The number of methoxy groups -OCH3 is 1. The molecule has 0 atom stereocenters. The van der Waals surface area contributed by atoms with E-state index in [2.05, 4.69) is 17.6 Å². The monoisotopic (exact) mass is 464 g/mol. The fourth-order valence-corrected chi connectivity index (χ4v) is 3.25. The van der Waals surface area contributed by atoms with E-state index in [1.165, 1.54) is 18.2 Å². The summed E-state index contributed by atoms with van der Waals surface area (Å²) in [7, 11) is 1.10. The second-order valence-corrected chi connectivity index (χ2v) is 7.04. The predicted molar refractivity (Wildman–Crippen MR) is 127 cm³/mol. The zero-order valence-electron chi connectivity index (χ0n) is 17.5. The molecular formula is C23H20N4O5S. The molecule has 0 spiro atoms. The highest BCUT2D eigenvalue weighted by atomic mass is 32.1. The van der Waals surface area contributed by atoms with Crippen LogP contribution in [0.5, 0.6) is 0 Å². The van der Waals surface area contributed by atoms with Gasteiger partial charge in [0.25, 0.3) is 0 Å². The van der Waals surface area contributed by atoms with Crippen LogP contribution in [0, 0.1) is 0 Å². The molecule has 0 aliphatic heterocycles. The Hall–Kier alpha value is -4.31. The molecule has 0 fully saturated rings. The molecule has 0 heterocycles. The zero-order valence-corrected chi connectivity index (χ0v) is 18.4. The first-order chi connectivity index (χ1) is 15.8. The molecule has 168 valence electrons. The number of benzene rings is 3. The minimum absolute atomic E-state index is 0.0316. The number of carbonyl (C=O) groups excluding carboxylic acids is 4. The summed E-state index contributed by atoms with van der Waals surface area (Å²) in [5.41, 5.74) is 6.90. The Bertz CT molecular complexity index is 1190. The average molecular weight is 465 g/mol. The fraction of sp³-hybridized carbons (Fsp3) is 0.0435. The summed E-state index contributed by atoms with van der Waals surface area (Å²) >= 11 is 4.20. The van der Waals surface area contributed by atoms with Gasteiger partial charge in [0.15, 0.2) is 5.78 Å². The van der Waals surface area contributed by atoms with E-state index in [9.17, 15) is 19.2 Å². The number of hydrogen-bond acceptors (Lipinski definition) is 6. The van der Waals surface area contributed by atoms with Gasteiger partial charge in [-0.1, -0.05) is 61.3 Å². The van der Waals surface area contributed by atoms with E-state index in [1.807, 2.05) is 5.32 Å². The predicted octanol–water partition coefficient (Wildman–Crippen LogP) is 4.26. The number of rotatable bonds is 5. The number of primary amides is 1. The Morgan fingerprint density at radius 2 is 1.45 bits per heavy atom. The van der Waals surface area contributed by atoms with Crippen LogP contribution in [-0.2, 0) is 4.74 Å². The van der Waals surface area contributed by atoms with E-state index in [1.54, 1.807) is 60.7 Å². The van der Waals surface area contributed by atoms with Crippen molar-refractivity contribution < 1.29 is 23.9 Å². The van der Waals surface area contributed by atoms with Gasteiger partial charge < -0.3 is 10.5 Å². The molecule has 3 N–H and O–H groups in total. The van der Waals surface area contributed by atoms with E-state index >= 15 is 0 Å². The van der Waals surface area contributed by atoms with Crippen molar-refractivity contribution >= 4 is 53.8 Å². The van der Waals surface area contributed by atoms with Gasteiger partial charge in [-0.15, -0.1) is 0 Å². The van der Waals surface area contributed by atoms with Gasteiger partial charge in [-0.25, -0.2) is 24.0 Å². The number of imide groups is 1. The summed E-state index contributed by atoms with van der Waals surface area (Å²) in [5.74, 6) is -0.316. The summed E-state index contributed by atoms with van der Waals surface area (Å²) < 4.78 is 5.23. The molecule has 10 heteroatoms. The van der Waals surface area contributed by atoms with Gasteiger partial charge in [-0.3, -0.25) is 9.69 Å². The number of nitrogens with two attached hydrogens (primary N) is 1. The number of amides is 5. The maximum absolute atomic E-state index is 13.0. The molecule has 5 amide bonds. The lowest BCUT2D eigenvalue weighted by atomic mass is 10.0. The van der Waals surface area contributed by atoms with Crippen molar-refractivity contribution in [3.05, 3.63) is 90.0 Å². The molecule has 0 aromatic heterocycles. The van der Waals surface area contributed by atoms with Crippen molar-refractivity contribution in [2.75, 3.05) is 16.3 Å². The number of nitrogens with zero attached hydrogens (tertiary/aromatic N) is 2. The van der Waals surface area contributed by atoms with Crippen molar-refractivity contribution in [2.24, 2.45) is 5.73 Å². The number of urea groups is 2. The van der Waals surface area contributed by atoms with Gasteiger partial charge in [-0.05, 0) is 30.3 Å². The van der Waals surface area contributed by atoms with Gasteiger partial charge in [-0.2, -0.15) is 0 Å². The lowest BCUT2D eigenvalue weighted by Crippen LogP contribution is -2.39. The van der Waals surface area contributed by atoms with Crippen LogP contribution in [-0.4, -0.2) is 31.0 Å². The number of ketones is 1. The molecule has 3 rings (SSSR count). The third kappa shape index (κ3) is 5.31. The molecule has 0 aliphatic carbocycles. The van der Waals surface area contributed by atoms with Crippen LogP contribution in [0.15, 0.2) is 78.9 Å². The highest BCUT2D eigenvalue weighted by molar-refractivity contribution is 7.82. The van der Waals surface area contributed by atoms with Gasteiger partial charge in [0, 0.05) is 11.1 Å². The van der Waals surface area contributed by atoms with E-state index in [0.29, 0.717) is 11.3 Å². The van der Waals surface area contributed by atoms with E-state index in [4.69, 9.17) is 5.73 Å². The van der Waals surface area contributed by atoms with Crippen molar-refractivity contribution in [3.63, 3.8) is 0 Å². The number of ether oxygens (including phenoxy) is 1. The van der Waals surface area contributed by atoms with Crippen LogP contribution < -0.4 is 20.3 Å². The first-order valence-corrected chi connectivity index (χ1v) is 9.99. The summed E-state index contributed by atoms with van der Waals surface area (Å²) in [4.78, 5) is 50.6. The number of nitrogens with one attached hydrogen (secondary N) is 1. The van der Waals surface area contributed by atoms with E-state index < -0.39 is 18.2 Å². The largest absolute Gasteiger partial charge is 0.453 e. The van der Waals surface area contributed by atoms with Crippen molar-refractivity contribution in [1.29, 1.82) is 0 Å². The van der Waals surface area contributed by atoms with Gasteiger partial charge >= 0.3 is 18.2 Å². The molecule has 3 aromatic carbocycles. The third-order valence-corrected chi connectivity index (χ3v) is 4.96. The zero-order chi connectivity index (χ0) is 24.0. The summed E-state index contributed by atoms with van der Waals surface area (Å²) in [6.07, 6.45) is -1.01. The Balaban J connectivity index is 2.14. The van der Waals surface area contributed by atoms with Crippen molar-refractivity contribution in [2.45, 2.75) is 0 Å². The standard InChI is InChI=1S/C23H20N4O5S/c1-32-23(31)25-22(30)27(33)19-14-16(20(28)15-8-4-2-5-9-15)12-13-18(19)26(21(24)29)17-10-6-3-7-11-17/h2-14,33H,1H3,(H2,24,29)(H,25,30,31). The van der Waals surface area contributed by atoms with Gasteiger partial charge in [0.2, 0.25) is 0 Å². The molecule has 0 saturated carbocycles. The minimum atomic E-state index is -1.01. The number of hydrogen-bond donors (Lipinski definition) is 3. The Kier molecular flexibility index (Phi) is 7.31. The number of anilines is 3. The SMILES string of the molecule is COC(=O)NC(=O)N(S)c1cc(C(=O)c2ccccc2)ccc1N(C(N)=O)c1ccccc1. The first kappa shape index (κ1) is 23.4. The molecule has 0 unspecified atom stereocenters. The average Bonchev–Trinajstić information content (AvgIpc) is 2.84. The quantitative estimate of drug-likeness (QED) is 0.385. The summed E-state index contributed by atoms with van der Waals surface area (Å²) in [6.45, 7) is 0. The van der Waals surface area contributed by atoms with E-state index in [0.717, 1.165) is 16.3 Å². The lowest BCUT2D eigenvalue weighted by molar-refractivity contribution is 0.103. The van der Waals surface area contributed by atoms with Crippen LogP contribution in [0.1, 0.15) is 15.9 Å². The molecule has 33 heavy (non-hydrogen) atoms. The molecule has 0 bridgehead atoms. The van der Waals surface area contributed by atoms with Crippen LogP contribution >= 0.6 is 12.8 Å². The van der Waals surface area contributed by atoms with Crippen LogP contribution in [0.3, 0.4) is 0 Å². The number of para-hydroxylation sites is 1. The van der Waals surface area contributed by atoms with E-state index in [-0.39, 0.29) is 22.7 Å². The first-order valence-electron chi connectivity index (χ1n) is 9.59. The lowest BCUT2D eigenvalue weighted by Gasteiger charge is -2.27. The molecule has 3 aromatic rings. The molecular weight excluding hydrogens is 444 g/mol. The van der Waals surface area contributed by atoms with Crippen molar-refractivity contribution in [1.82, 2.24) is 5.32 Å². The van der Waals surface area contributed by atoms with Crippen LogP contribution in [0.25, 0.3) is 0 Å². The summed E-state index contributed by atoms with van der Waals surface area (Å²) in [5, 5.41) is 1.97. The number of carbonyl (C=O) groups is 4.